The monoisotopic (exact) mass is 352 g/mol. The molecule has 0 saturated carbocycles. The molecular weight excluding hydrogens is 328 g/mol. The van der Waals surface area contributed by atoms with E-state index in [1.807, 2.05) is 18.3 Å². The van der Waals surface area contributed by atoms with E-state index in [1.54, 1.807) is 13.1 Å². The lowest BCUT2D eigenvalue weighted by Crippen LogP contribution is -2.45. The molecule has 136 valence electrons. The quantitative estimate of drug-likeness (QED) is 0.799. The summed E-state index contributed by atoms with van der Waals surface area (Å²) < 4.78 is 0. The number of carbonyl (C=O) groups is 2. The Hall–Kier alpha value is -2.73. The Morgan fingerprint density at radius 1 is 1.12 bits per heavy atom. The first kappa shape index (κ1) is 18.1. The number of pyridine rings is 1. The zero-order valence-corrected chi connectivity index (χ0v) is 14.9. The summed E-state index contributed by atoms with van der Waals surface area (Å²) in [5.41, 5.74) is 3.71. The van der Waals surface area contributed by atoms with Crippen LogP contribution in [0, 0.1) is 0 Å². The second-order valence-electron chi connectivity index (χ2n) is 6.36. The van der Waals surface area contributed by atoms with Crippen molar-refractivity contribution in [2.24, 2.45) is 0 Å². The molecule has 0 saturated heterocycles. The Labute approximate surface area is 153 Å². The Balaban J connectivity index is 1.75. The van der Waals surface area contributed by atoms with Crippen molar-refractivity contribution in [2.75, 3.05) is 19.6 Å². The van der Waals surface area contributed by atoms with Crippen molar-refractivity contribution >= 4 is 11.8 Å². The topological polar surface area (TPSA) is 74.3 Å². The zero-order chi connectivity index (χ0) is 18.4. The summed E-state index contributed by atoms with van der Waals surface area (Å²) >= 11 is 0. The summed E-state index contributed by atoms with van der Waals surface area (Å²) in [4.78, 5) is 30.2. The van der Waals surface area contributed by atoms with Crippen molar-refractivity contribution in [1.82, 2.24) is 20.5 Å². The molecule has 2 heterocycles. The molecule has 0 spiro atoms. The number of likely N-dealkylation sites (N-methyl/N-ethyl adjacent to an activating group) is 1. The lowest BCUT2D eigenvalue weighted by atomic mass is 9.97. The maximum Gasteiger partial charge on any atom is 0.309 e. The molecule has 0 aliphatic carbocycles. The van der Waals surface area contributed by atoms with E-state index < -0.39 is 11.8 Å². The van der Waals surface area contributed by atoms with Crippen LogP contribution in [0.2, 0.25) is 0 Å². The van der Waals surface area contributed by atoms with Crippen molar-refractivity contribution in [3.8, 4) is 0 Å². The molecule has 0 bridgehead atoms. The van der Waals surface area contributed by atoms with Gasteiger partial charge in [-0.05, 0) is 36.1 Å². The highest BCUT2D eigenvalue weighted by Gasteiger charge is 2.26. The zero-order valence-electron chi connectivity index (χ0n) is 14.9. The normalized spacial score (nSPS) is 15.0. The van der Waals surface area contributed by atoms with Crippen LogP contribution in [-0.2, 0) is 22.6 Å². The van der Waals surface area contributed by atoms with Crippen molar-refractivity contribution < 1.29 is 9.59 Å². The molecule has 1 aliphatic rings. The van der Waals surface area contributed by atoms with Crippen molar-refractivity contribution in [3.63, 3.8) is 0 Å². The third-order valence-electron chi connectivity index (χ3n) is 4.67. The number of hydrogen-bond donors (Lipinski definition) is 2. The van der Waals surface area contributed by atoms with Gasteiger partial charge in [0, 0.05) is 38.6 Å². The highest BCUT2D eigenvalue weighted by atomic mass is 16.2. The van der Waals surface area contributed by atoms with Gasteiger partial charge in [-0.1, -0.05) is 30.3 Å². The maximum atomic E-state index is 12.0. The first-order valence-corrected chi connectivity index (χ1v) is 8.95. The third-order valence-corrected chi connectivity index (χ3v) is 4.67. The highest BCUT2D eigenvalue weighted by molar-refractivity contribution is 6.35. The summed E-state index contributed by atoms with van der Waals surface area (Å²) in [6, 6.07) is 12.3. The summed E-state index contributed by atoms with van der Waals surface area (Å²) in [6.07, 6.45) is 4.53. The van der Waals surface area contributed by atoms with Gasteiger partial charge in [0.1, 0.15) is 0 Å². The lowest BCUT2D eigenvalue weighted by molar-refractivity contribution is -0.139. The third kappa shape index (κ3) is 4.26. The molecule has 0 fully saturated rings. The number of benzene rings is 1. The summed E-state index contributed by atoms with van der Waals surface area (Å²) in [6.45, 7) is 4.29. The molecule has 6 nitrogen and oxygen atoms in total. The van der Waals surface area contributed by atoms with Crippen LogP contribution in [0.5, 0.6) is 0 Å². The van der Waals surface area contributed by atoms with E-state index in [9.17, 15) is 9.59 Å². The van der Waals surface area contributed by atoms with Crippen molar-refractivity contribution in [3.05, 3.63) is 65.5 Å². The smallest absolute Gasteiger partial charge is 0.309 e. The van der Waals surface area contributed by atoms with E-state index in [0.29, 0.717) is 13.1 Å². The Morgan fingerprint density at radius 2 is 1.88 bits per heavy atom. The molecule has 1 aliphatic heterocycles. The largest absolute Gasteiger partial charge is 0.348 e. The molecule has 6 heteroatoms. The molecule has 2 N–H and O–H groups in total. The van der Waals surface area contributed by atoms with Gasteiger partial charge in [0.25, 0.3) is 0 Å². The van der Waals surface area contributed by atoms with Gasteiger partial charge in [-0.25, -0.2) is 0 Å². The summed E-state index contributed by atoms with van der Waals surface area (Å²) in [5, 5.41) is 5.29. The van der Waals surface area contributed by atoms with Gasteiger partial charge < -0.3 is 10.6 Å². The number of nitrogens with zero attached hydrogens (tertiary/aromatic N) is 2. The number of fused-ring (bicyclic) bond motifs is 1. The second kappa shape index (κ2) is 8.58. The van der Waals surface area contributed by atoms with Crippen LogP contribution < -0.4 is 10.6 Å². The van der Waals surface area contributed by atoms with Gasteiger partial charge >= 0.3 is 11.8 Å². The molecule has 1 aromatic carbocycles. The minimum Gasteiger partial charge on any atom is -0.348 e. The van der Waals surface area contributed by atoms with Crippen LogP contribution in [0.15, 0.2) is 48.8 Å². The minimum atomic E-state index is -0.599. The number of amides is 2. The van der Waals surface area contributed by atoms with Crippen molar-refractivity contribution in [1.29, 1.82) is 0 Å². The molecule has 2 amide bonds. The number of nitrogens with one attached hydrogen (secondary N) is 2. The predicted molar refractivity (Wildman–Crippen MR) is 99.2 cm³/mol. The summed E-state index contributed by atoms with van der Waals surface area (Å²) in [5.74, 6) is -1.19. The van der Waals surface area contributed by atoms with E-state index in [4.69, 9.17) is 0 Å². The minimum absolute atomic E-state index is 0.0320. The molecule has 1 aromatic heterocycles. The van der Waals surface area contributed by atoms with Gasteiger partial charge in [0.2, 0.25) is 0 Å². The average Bonchev–Trinajstić information content (AvgIpc) is 2.69. The van der Waals surface area contributed by atoms with Gasteiger partial charge in [-0.3, -0.25) is 19.5 Å². The SMILES string of the molecule is CCNC(=O)C(=O)NC[C@H](c1cccnc1)N1CCc2ccccc2C1. The lowest BCUT2D eigenvalue weighted by Gasteiger charge is -2.35. The van der Waals surface area contributed by atoms with Crippen LogP contribution in [0.25, 0.3) is 0 Å². The summed E-state index contributed by atoms with van der Waals surface area (Å²) in [7, 11) is 0. The number of hydrogen-bond acceptors (Lipinski definition) is 4. The molecule has 2 aromatic rings. The maximum absolute atomic E-state index is 12.0. The standard InChI is InChI=1S/C20H24N4O2/c1-2-22-19(25)20(26)23-13-18(16-8-5-10-21-12-16)24-11-9-15-6-3-4-7-17(15)14-24/h3-8,10,12,18H,2,9,11,13-14H2,1H3,(H,22,25)(H,23,26)/t18-/m1/s1. The fourth-order valence-corrected chi connectivity index (χ4v) is 3.32. The number of rotatable bonds is 5. The first-order chi connectivity index (χ1) is 12.7. The van der Waals surface area contributed by atoms with E-state index >= 15 is 0 Å². The molecular formula is C20H24N4O2. The average molecular weight is 352 g/mol. The van der Waals surface area contributed by atoms with Crippen molar-refractivity contribution in [2.45, 2.75) is 25.9 Å². The van der Waals surface area contributed by atoms with Crippen LogP contribution >= 0.6 is 0 Å². The molecule has 0 unspecified atom stereocenters. The van der Waals surface area contributed by atoms with Gasteiger partial charge in [0.15, 0.2) is 0 Å². The van der Waals surface area contributed by atoms with Crippen LogP contribution in [-0.4, -0.2) is 41.3 Å². The van der Waals surface area contributed by atoms with Crippen LogP contribution in [0.4, 0.5) is 0 Å². The Bertz CT molecular complexity index is 763. The predicted octanol–water partition coefficient (Wildman–Crippen LogP) is 1.43. The number of carbonyl (C=O) groups excluding carboxylic acids is 2. The molecule has 26 heavy (non-hydrogen) atoms. The van der Waals surface area contributed by atoms with E-state index in [0.717, 1.165) is 25.1 Å². The van der Waals surface area contributed by atoms with E-state index in [2.05, 4.69) is 44.8 Å². The fourth-order valence-electron chi connectivity index (χ4n) is 3.32. The van der Waals surface area contributed by atoms with Crippen LogP contribution in [0.3, 0.4) is 0 Å². The van der Waals surface area contributed by atoms with Crippen LogP contribution in [0.1, 0.15) is 29.7 Å². The molecule has 3 rings (SSSR count). The van der Waals surface area contributed by atoms with Gasteiger partial charge in [-0.2, -0.15) is 0 Å². The first-order valence-electron chi connectivity index (χ1n) is 8.95. The Morgan fingerprint density at radius 3 is 2.62 bits per heavy atom. The van der Waals surface area contributed by atoms with E-state index in [-0.39, 0.29) is 6.04 Å². The van der Waals surface area contributed by atoms with E-state index in [1.165, 1.54) is 11.1 Å². The Kier molecular flexibility index (Phi) is 5.96. The fraction of sp³-hybridized carbons (Fsp3) is 0.350. The second-order valence-corrected chi connectivity index (χ2v) is 6.36. The highest BCUT2D eigenvalue weighted by Crippen LogP contribution is 2.27. The number of aromatic nitrogens is 1. The van der Waals surface area contributed by atoms with Gasteiger partial charge in [-0.15, -0.1) is 0 Å². The van der Waals surface area contributed by atoms with Gasteiger partial charge in [0.05, 0.1) is 6.04 Å². The molecule has 1 atom stereocenters. The molecule has 0 radical (unpaired) electrons.